The lowest BCUT2D eigenvalue weighted by Crippen LogP contribution is -2.42. The fourth-order valence-corrected chi connectivity index (χ4v) is 1.80. The van der Waals surface area contributed by atoms with Gasteiger partial charge in [0.1, 0.15) is 0 Å². The second-order valence-corrected chi connectivity index (χ2v) is 4.41. The van der Waals surface area contributed by atoms with E-state index in [4.69, 9.17) is 4.74 Å². The van der Waals surface area contributed by atoms with E-state index >= 15 is 0 Å². The van der Waals surface area contributed by atoms with Gasteiger partial charge in [-0.1, -0.05) is 0 Å². The summed E-state index contributed by atoms with van der Waals surface area (Å²) in [6.45, 7) is 4.15. The van der Waals surface area contributed by atoms with Crippen molar-refractivity contribution < 1.29 is 4.74 Å². The Hall–Kier alpha value is -1.32. The highest BCUT2D eigenvalue weighted by atomic mass is 16.5. The topological polar surface area (TPSA) is 47.0 Å². The van der Waals surface area contributed by atoms with E-state index in [1.165, 1.54) is 19.3 Å². The number of rotatable bonds is 3. The van der Waals surface area contributed by atoms with Crippen LogP contribution in [0.4, 0.5) is 5.95 Å². The first kappa shape index (κ1) is 10.2. The Bertz CT molecular complexity index is 361. The van der Waals surface area contributed by atoms with Crippen molar-refractivity contribution in [3.05, 3.63) is 11.8 Å². The number of hydrogen-bond donors (Lipinski definition) is 1. The van der Waals surface area contributed by atoms with E-state index in [9.17, 15) is 0 Å². The molecule has 4 nitrogen and oxygen atoms in total. The lowest BCUT2D eigenvalue weighted by atomic mass is 9.79. The molecule has 1 aliphatic rings. The zero-order chi connectivity index (χ0) is 10.9. The van der Waals surface area contributed by atoms with Crippen molar-refractivity contribution in [2.75, 3.05) is 12.4 Å². The second-order valence-electron chi connectivity index (χ2n) is 4.41. The van der Waals surface area contributed by atoms with Crippen LogP contribution in [0.2, 0.25) is 0 Å². The average Bonchev–Trinajstić information content (AvgIpc) is 2.14. The molecule has 1 heterocycles. The molecular weight excluding hydrogens is 190 g/mol. The monoisotopic (exact) mass is 207 g/mol. The zero-order valence-electron chi connectivity index (χ0n) is 9.50. The van der Waals surface area contributed by atoms with Gasteiger partial charge < -0.3 is 10.1 Å². The summed E-state index contributed by atoms with van der Waals surface area (Å²) in [5, 5.41) is 3.37. The molecule has 4 heteroatoms. The minimum absolute atomic E-state index is 0.179. The van der Waals surface area contributed by atoms with E-state index in [2.05, 4.69) is 22.2 Å². The smallest absolute Gasteiger partial charge is 0.226 e. The van der Waals surface area contributed by atoms with Crippen LogP contribution in [0, 0.1) is 6.92 Å². The molecule has 1 aromatic rings. The van der Waals surface area contributed by atoms with Crippen molar-refractivity contribution in [3.63, 3.8) is 0 Å². The first-order valence-corrected chi connectivity index (χ1v) is 5.29. The van der Waals surface area contributed by atoms with Crippen molar-refractivity contribution in [1.82, 2.24) is 9.97 Å². The van der Waals surface area contributed by atoms with Crippen LogP contribution in [0.5, 0.6) is 5.88 Å². The van der Waals surface area contributed by atoms with Gasteiger partial charge in [0.15, 0.2) is 0 Å². The number of ether oxygens (including phenoxy) is 1. The molecule has 0 saturated heterocycles. The van der Waals surface area contributed by atoms with Crippen molar-refractivity contribution in [2.24, 2.45) is 0 Å². The van der Waals surface area contributed by atoms with Crippen LogP contribution in [0.15, 0.2) is 6.07 Å². The van der Waals surface area contributed by atoms with E-state index in [0.717, 1.165) is 5.69 Å². The lowest BCUT2D eigenvalue weighted by Gasteiger charge is -2.39. The highest BCUT2D eigenvalue weighted by Gasteiger charge is 2.32. The summed E-state index contributed by atoms with van der Waals surface area (Å²) in [6.07, 6.45) is 3.66. The second kappa shape index (κ2) is 3.68. The van der Waals surface area contributed by atoms with Crippen molar-refractivity contribution in [1.29, 1.82) is 0 Å². The third-order valence-electron chi connectivity index (χ3n) is 2.91. The molecule has 0 unspecified atom stereocenters. The van der Waals surface area contributed by atoms with E-state index in [1.807, 2.05) is 13.0 Å². The van der Waals surface area contributed by atoms with Gasteiger partial charge in [0.2, 0.25) is 11.8 Å². The maximum atomic E-state index is 5.11. The fourth-order valence-electron chi connectivity index (χ4n) is 1.80. The van der Waals surface area contributed by atoms with Gasteiger partial charge in [-0.05, 0) is 33.1 Å². The quantitative estimate of drug-likeness (QED) is 0.825. The fraction of sp³-hybridized carbons (Fsp3) is 0.636. The number of hydrogen-bond acceptors (Lipinski definition) is 4. The Morgan fingerprint density at radius 2 is 2.13 bits per heavy atom. The third-order valence-corrected chi connectivity index (χ3v) is 2.91. The van der Waals surface area contributed by atoms with Crippen LogP contribution in [0.3, 0.4) is 0 Å². The van der Waals surface area contributed by atoms with Crippen LogP contribution >= 0.6 is 0 Å². The molecule has 15 heavy (non-hydrogen) atoms. The highest BCUT2D eigenvalue weighted by Crippen LogP contribution is 2.33. The number of nitrogens with one attached hydrogen (secondary N) is 1. The number of aromatic nitrogens is 2. The van der Waals surface area contributed by atoms with Gasteiger partial charge in [-0.15, -0.1) is 0 Å². The van der Waals surface area contributed by atoms with E-state index in [0.29, 0.717) is 11.8 Å². The molecule has 0 aliphatic heterocycles. The molecule has 0 bridgehead atoms. The Morgan fingerprint density at radius 1 is 1.40 bits per heavy atom. The standard InChI is InChI=1S/C11H17N3O/c1-8-7-9(15-3)13-10(12-8)14-11(2)5-4-6-11/h7H,4-6H2,1-3H3,(H,12,13,14). The van der Waals surface area contributed by atoms with Crippen LogP contribution in [-0.4, -0.2) is 22.6 Å². The minimum Gasteiger partial charge on any atom is -0.481 e. The maximum absolute atomic E-state index is 5.11. The van der Waals surface area contributed by atoms with E-state index in [-0.39, 0.29) is 5.54 Å². The van der Waals surface area contributed by atoms with Crippen LogP contribution in [0.1, 0.15) is 31.9 Å². The summed E-state index contributed by atoms with van der Waals surface area (Å²) in [7, 11) is 1.62. The predicted octanol–water partition coefficient (Wildman–Crippen LogP) is 2.15. The average molecular weight is 207 g/mol. The van der Waals surface area contributed by atoms with E-state index in [1.54, 1.807) is 7.11 Å². The van der Waals surface area contributed by atoms with Gasteiger partial charge in [-0.2, -0.15) is 4.98 Å². The number of nitrogens with zero attached hydrogens (tertiary/aromatic N) is 2. The Balaban J connectivity index is 2.16. The van der Waals surface area contributed by atoms with Gasteiger partial charge in [0.25, 0.3) is 0 Å². The molecule has 0 amide bonds. The van der Waals surface area contributed by atoms with Crippen molar-refractivity contribution in [2.45, 2.75) is 38.6 Å². The molecule has 82 valence electrons. The van der Waals surface area contributed by atoms with Gasteiger partial charge in [0.05, 0.1) is 7.11 Å². The molecule has 1 saturated carbocycles. The van der Waals surface area contributed by atoms with Crippen molar-refractivity contribution >= 4 is 5.95 Å². The predicted molar refractivity (Wildman–Crippen MR) is 59.2 cm³/mol. The maximum Gasteiger partial charge on any atom is 0.226 e. The third kappa shape index (κ3) is 2.19. The molecule has 2 rings (SSSR count). The summed E-state index contributed by atoms with van der Waals surface area (Å²) in [6, 6.07) is 1.83. The normalized spacial score (nSPS) is 18.1. The summed E-state index contributed by atoms with van der Waals surface area (Å²) in [5.74, 6) is 1.29. The summed E-state index contributed by atoms with van der Waals surface area (Å²) < 4.78 is 5.11. The molecular formula is C11H17N3O. The number of methoxy groups -OCH3 is 1. The molecule has 1 aromatic heterocycles. The Kier molecular flexibility index (Phi) is 2.50. The number of anilines is 1. The molecule has 0 atom stereocenters. The Labute approximate surface area is 90.1 Å². The SMILES string of the molecule is COc1cc(C)nc(NC2(C)CCC2)n1. The molecule has 1 aliphatic carbocycles. The first-order valence-electron chi connectivity index (χ1n) is 5.29. The zero-order valence-corrected chi connectivity index (χ0v) is 9.50. The van der Waals surface area contributed by atoms with E-state index < -0.39 is 0 Å². The summed E-state index contributed by atoms with van der Waals surface area (Å²) in [4.78, 5) is 8.62. The van der Waals surface area contributed by atoms with Crippen LogP contribution in [0.25, 0.3) is 0 Å². The summed E-state index contributed by atoms with van der Waals surface area (Å²) in [5.41, 5.74) is 1.10. The van der Waals surface area contributed by atoms with Crippen molar-refractivity contribution in [3.8, 4) is 5.88 Å². The molecule has 1 fully saturated rings. The molecule has 0 radical (unpaired) electrons. The highest BCUT2D eigenvalue weighted by molar-refractivity contribution is 5.34. The summed E-state index contributed by atoms with van der Waals surface area (Å²) >= 11 is 0. The lowest BCUT2D eigenvalue weighted by molar-refractivity contribution is 0.304. The molecule has 1 N–H and O–H groups in total. The minimum atomic E-state index is 0.179. The van der Waals surface area contributed by atoms with Gasteiger partial charge in [0, 0.05) is 17.3 Å². The number of aryl methyl sites for hydroxylation is 1. The van der Waals surface area contributed by atoms with Gasteiger partial charge >= 0.3 is 0 Å². The van der Waals surface area contributed by atoms with Gasteiger partial charge in [-0.3, -0.25) is 0 Å². The largest absolute Gasteiger partial charge is 0.481 e. The molecule has 0 spiro atoms. The first-order chi connectivity index (χ1) is 7.11. The van der Waals surface area contributed by atoms with Crippen LogP contribution < -0.4 is 10.1 Å². The van der Waals surface area contributed by atoms with Gasteiger partial charge in [-0.25, -0.2) is 4.98 Å². The Morgan fingerprint density at radius 3 is 2.67 bits per heavy atom. The molecule has 0 aromatic carbocycles. The van der Waals surface area contributed by atoms with Crippen LogP contribution in [-0.2, 0) is 0 Å².